The van der Waals surface area contributed by atoms with Crippen LogP contribution in [0.15, 0.2) is 36.5 Å². The molecule has 0 bridgehead atoms. The third-order valence-electron chi connectivity index (χ3n) is 4.56. The summed E-state index contributed by atoms with van der Waals surface area (Å²) in [5.41, 5.74) is 2.48. The third kappa shape index (κ3) is 3.64. The van der Waals surface area contributed by atoms with Crippen LogP contribution in [0.1, 0.15) is 44.1 Å². The van der Waals surface area contributed by atoms with Crippen molar-refractivity contribution in [3.8, 4) is 5.69 Å². The second kappa shape index (κ2) is 6.89. The Bertz CT molecular complexity index is 580. The molecule has 1 aromatic carbocycles. The highest BCUT2D eigenvalue weighted by molar-refractivity contribution is 6.41. The summed E-state index contributed by atoms with van der Waals surface area (Å²) >= 11 is 12.2. The highest BCUT2D eigenvalue weighted by atomic mass is 35.5. The van der Waals surface area contributed by atoms with E-state index in [2.05, 4.69) is 24.3 Å². The summed E-state index contributed by atoms with van der Waals surface area (Å²) in [6, 6.07) is 10.5. The molecule has 0 radical (unpaired) electrons. The van der Waals surface area contributed by atoms with Gasteiger partial charge in [0, 0.05) is 11.9 Å². The highest BCUT2D eigenvalue weighted by Crippen LogP contribution is 2.28. The zero-order valence-electron chi connectivity index (χ0n) is 12.2. The quantitative estimate of drug-likeness (QED) is 0.623. The molecule has 2 aromatic rings. The molecule has 0 aliphatic heterocycles. The predicted octanol–water partition coefficient (Wildman–Crippen LogP) is 6.30. The standard InChI is InChI=1S/C18H21Cl2N/c19-17-12-13-21(18(17)20)16-10-8-15(9-11-16)7-6-14-4-2-1-3-5-14/h8-14H,1-7H2. The van der Waals surface area contributed by atoms with Gasteiger partial charge in [-0.15, -0.1) is 0 Å². The Kier molecular flexibility index (Phi) is 4.92. The minimum atomic E-state index is 0.576. The van der Waals surface area contributed by atoms with Gasteiger partial charge in [-0.05, 0) is 42.5 Å². The van der Waals surface area contributed by atoms with Gasteiger partial charge >= 0.3 is 0 Å². The average Bonchev–Trinajstić information content (AvgIpc) is 2.87. The number of halogens is 2. The maximum atomic E-state index is 6.18. The predicted molar refractivity (Wildman–Crippen MR) is 90.7 cm³/mol. The smallest absolute Gasteiger partial charge is 0.132 e. The van der Waals surface area contributed by atoms with Crippen molar-refractivity contribution in [2.24, 2.45) is 5.92 Å². The van der Waals surface area contributed by atoms with Crippen molar-refractivity contribution in [2.75, 3.05) is 0 Å². The van der Waals surface area contributed by atoms with Gasteiger partial charge in [-0.25, -0.2) is 0 Å². The molecule has 112 valence electrons. The fourth-order valence-corrected chi connectivity index (χ4v) is 3.62. The molecule has 1 heterocycles. The van der Waals surface area contributed by atoms with Crippen LogP contribution in [0.3, 0.4) is 0 Å². The van der Waals surface area contributed by atoms with Gasteiger partial charge in [0.1, 0.15) is 5.15 Å². The summed E-state index contributed by atoms with van der Waals surface area (Å²) in [6.45, 7) is 0. The van der Waals surface area contributed by atoms with E-state index in [1.54, 1.807) is 0 Å². The van der Waals surface area contributed by atoms with Crippen LogP contribution in [0.4, 0.5) is 0 Å². The van der Waals surface area contributed by atoms with Gasteiger partial charge in [0.05, 0.1) is 5.02 Å². The average molecular weight is 322 g/mol. The van der Waals surface area contributed by atoms with Crippen LogP contribution in [0.5, 0.6) is 0 Å². The molecule has 0 saturated heterocycles. The molecule has 0 atom stereocenters. The summed E-state index contributed by atoms with van der Waals surface area (Å²) < 4.78 is 1.91. The lowest BCUT2D eigenvalue weighted by molar-refractivity contribution is 0.339. The zero-order chi connectivity index (χ0) is 14.7. The molecule has 0 spiro atoms. The van der Waals surface area contributed by atoms with Crippen molar-refractivity contribution in [2.45, 2.75) is 44.9 Å². The maximum Gasteiger partial charge on any atom is 0.132 e. The van der Waals surface area contributed by atoms with Gasteiger partial charge in [-0.2, -0.15) is 0 Å². The lowest BCUT2D eigenvalue weighted by Gasteiger charge is -2.21. The van der Waals surface area contributed by atoms with E-state index in [0.717, 1.165) is 11.6 Å². The van der Waals surface area contributed by atoms with Crippen LogP contribution in [-0.4, -0.2) is 4.57 Å². The van der Waals surface area contributed by atoms with E-state index in [-0.39, 0.29) is 0 Å². The Morgan fingerprint density at radius 2 is 1.67 bits per heavy atom. The molecule has 1 aliphatic rings. The number of nitrogens with zero attached hydrogens (tertiary/aromatic N) is 1. The first-order valence-corrected chi connectivity index (χ1v) is 8.61. The van der Waals surface area contributed by atoms with Crippen LogP contribution in [-0.2, 0) is 6.42 Å². The van der Waals surface area contributed by atoms with Gasteiger partial charge in [0.15, 0.2) is 0 Å². The molecule has 1 nitrogen and oxygen atoms in total. The van der Waals surface area contributed by atoms with E-state index in [1.165, 1.54) is 50.5 Å². The SMILES string of the molecule is Clc1ccn(-c2ccc(CCC3CCCCC3)cc2)c1Cl. The largest absolute Gasteiger partial charge is 0.306 e. The van der Waals surface area contributed by atoms with Crippen molar-refractivity contribution in [3.63, 3.8) is 0 Å². The van der Waals surface area contributed by atoms with Crippen LogP contribution in [0.2, 0.25) is 10.2 Å². The Morgan fingerprint density at radius 1 is 0.952 bits per heavy atom. The number of hydrogen-bond acceptors (Lipinski definition) is 0. The van der Waals surface area contributed by atoms with Crippen molar-refractivity contribution in [1.29, 1.82) is 0 Å². The fourth-order valence-electron chi connectivity index (χ4n) is 3.26. The molecule has 21 heavy (non-hydrogen) atoms. The molecule has 3 heteroatoms. The van der Waals surface area contributed by atoms with E-state index in [0.29, 0.717) is 10.2 Å². The molecule has 0 N–H and O–H groups in total. The summed E-state index contributed by atoms with van der Waals surface area (Å²) in [5.74, 6) is 0.941. The molecule has 1 fully saturated rings. The van der Waals surface area contributed by atoms with Crippen molar-refractivity contribution in [1.82, 2.24) is 4.57 Å². The molecular weight excluding hydrogens is 301 g/mol. The molecule has 0 unspecified atom stereocenters. The monoisotopic (exact) mass is 321 g/mol. The van der Waals surface area contributed by atoms with Crippen LogP contribution in [0, 0.1) is 5.92 Å². The highest BCUT2D eigenvalue weighted by Gasteiger charge is 2.13. The van der Waals surface area contributed by atoms with Crippen LogP contribution >= 0.6 is 23.2 Å². The molecule has 1 aromatic heterocycles. The molecule has 1 aliphatic carbocycles. The lowest BCUT2D eigenvalue weighted by atomic mass is 9.85. The van der Waals surface area contributed by atoms with E-state index >= 15 is 0 Å². The number of rotatable bonds is 4. The van der Waals surface area contributed by atoms with Gasteiger partial charge < -0.3 is 4.57 Å². The van der Waals surface area contributed by atoms with Gasteiger partial charge in [0.25, 0.3) is 0 Å². The van der Waals surface area contributed by atoms with Gasteiger partial charge in [-0.1, -0.05) is 67.4 Å². The molecule has 3 rings (SSSR count). The van der Waals surface area contributed by atoms with E-state index in [1.807, 2.05) is 16.8 Å². The maximum absolute atomic E-state index is 6.18. The van der Waals surface area contributed by atoms with Gasteiger partial charge in [0.2, 0.25) is 0 Å². The summed E-state index contributed by atoms with van der Waals surface area (Å²) in [4.78, 5) is 0. The minimum absolute atomic E-state index is 0.576. The Labute approximate surface area is 136 Å². The van der Waals surface area contributed by atoms with E-state index in [9.17, 15) is 0 Å². The lowest BCUT2D eigenvalue weighted by Crippen LogP contribution is -2.07. The van der Waals surface area contributed by atoms with Gasteiger partial charge in [-0.3, -0.25) is 0 Å². The minimum Gasteiger partial charge on any atom is -0.306 e. The molecular formula is C18H21Cl2N. The first kappa shape index (κ1) is 15.0. The second-order valence-corrected chi connectivity index (χ2v) is 6.80. The summed E-state index contributed by atoms with van der Waals surface area (Å²) in [5, 5.41) is 1.17. The Balaban J connectivity index is 1.62. The van der Waals surface area contributed by atoms with Crippen molar-refractivity contribution in [3.05, 3.63) is 52.3 Å². The second-order valence-electron chi connectivity index (χ2n) is 6.03. The number of benzene rings is 1. The first-order valence-electron chi connectivity index (χ1n) is 7.86. The first-order chi connectivity index (χ1) is 10.2. The number of hydrogen-bond donors (Lipinski definition) is 0. The molecule has 0 amide bonds. The van der Waals surface area contributed by atoms with Crippen LogP contribution < -0.4 is 0 Å². The third-order valence-corrected chi connectivity index (χ3v) is 5.35. The fraction of sp³-hybridized carbons (Fsp3) is 0.444. The Morgan fingerprint density at radius 3 is 2.29 bits per heavy atom. The molecule has 1 saturated carbocycles. The zero-order valence-corrected chi connectivity index (χ0v) is 13.7. The van der Waals surface area contributed by atoms with E-state index in [4.69, 9.17) is 23.2 Å². The topological polar surface area (TPSA) is 4.93 Å². The number of aryl methyl sites for hydroxylation is 1. The number of aromatic nitrogens is 1. The van der Waals surface area contributed by atoms with Crippen molar-refractivity contribution < 1.29 is 0 Å². The summed E-state index contributed by atoms with van der Waals surface area (Å²) in [7, 11) is 0. The van der Waals surface area contributed by atoms with Crippen molar-refractivity contribution >= 4 is 23.2 Å². The van der Waals surface area contributed by atoms with E-state index < -0.39 is 0 Å². The van der Waals surface area contributed by atoms with Crippen LogP contribution in [0.25, 0.3) is 5.69 Å². The normalized spacial score (nSPS) is 16.3. The Hall–Kier alpha value is -0.920. The summed E-state index contributed by atoms with van der Waals surface area (Å²) in [6.07, 6.45) is 11.6.